The summed E-state index contributed by atoms with van der Waals surface area (Å²) in [4.78, 5) is 2.51. The van der Waals surface area contributed by atoms with Gasteiger partial charge in [-0.1, -0.05) is 73.7 Å². The second-order valence-electron chi connectivity index (χ2n) is 5.00. The molecule has 20 heavy (non-hydrogen) atoms. The summed E-state index contributed by atoms with van der Waals surface area (Å²) < 4.78 is 0. The van der Waals surface area contributed by atoms with Gasteiger partial charge in [-0.25, -0.2) is 0 Å². The van der Waals surface area contributed by atoms with Crippen molar-refractivity contribution >= 4 is 0 Å². The first-order valence-corrected chi connectivity index (χ1v) is 7.29. The molecule has 104 valence electrons. The Bertz CT molecular complexity index is 504. The minimum absolute atomic E-state index is 0.402. The summed E-state index contributed by atoms with van der Waals surface area (Å²) in [6.45, 7) is 8.15. The van der Waals surface area contributed by atoms with E-state index in [0.717, 1.165) is 19.5 Å². The Balaban J connectivity index is 2.19. The SMILES string of the molecule is C=CCC(c1ccccc1)N(CC)Cc1ccccc1. The normalized spacial score (nSPS) is 12.3. The summed E-state index contributed by atoms with van der Waals surface area (Å²) >= 11 is 0. The third-order valence-corrected chi connectivity index (χ3v) is 3.65. The van der Waals surface area contributed by atoms with Crippen LogP contribution in [0.2, 0.25) is 0 Å². The molecular weight excluding hydrogens is 242 g/mol. The minimum atomic E-state index is 0.402. The minimum Gasteiger partial charge on any atom is -0.292 e. The molecular formula is C19H23N. The molecule has 0 bridgehead atoms. The Hall–Kier alpha value is -1.86. The molecule has 1 nitrogen and oxygen atoms in total. The van der Waals surface area contributed by atoms with Crippen LogP contribution in [0.1, 0.15) is 30.5 Å². The monoisotopic (exact) mass is 265 g/mol. The van der Waals surface area contributed by atoms with Crippen molar-refractivity contribution in [3.63, 3.8) is 0 Å². The lowest BCUT2D eigenvalue weighted by Crippen LogP contribution is -2.28. The highest BCUT2D eigenvalue weighted by Gasteiger charge is 2.17. The van der Waals surface area contributed by atoms with Gasteiger partial charge in [0.15, 0.2) is 0 Å². The molecule has 0 aliphatic rings. The van der Waals surface area contributed by atoms with Crippen molar-refractivity contribution < 1.29 is 0 Å². The highest BCUT2D eigenvalue weighted by Crippen LogP contribution is 2.26. The Kier molecular flexibility index (Phi) is 5.57. The predicted molar refractivity (Wildman–Crippen MR) is 86.5 cm³/mol. The van der Waals surface area contributed by atoms with E-state index in [4.69, 9.17) is 0 Å². The Morgan fingerprint density at radius 2 is 1.60 bits per heavy atom. The van der Waals surface area contributed by atoms with Crippen molar-refractivity contribution in [2.24, 2.45) is 0 Å². The molecule has 0 amide bonds. The van der Waals surface area contributed by atoms with Crippen molar-refractivity contribution in [3.8, 4) is 0 Å². The molecule has 1 unspecified atom stereocenters. The van der Waals surface area contributed by atoms with Crippen LogP contribution in [0.15, 0.2) is 73.3 Å². The Morgan fingerprint density at radius 3 is 2.15 bits per heavy atom. The van der Waals surface area contributed by atoms with Gasteiger partial charge < -0.3 is 0 Å². The van der Waals surface area contributed by atoms with Crippen LogP contribution < -0.4 is 0 Å². The van der Waals surface area contributed by atoms with Gasteiger partial charge in [0, 0.05) is 12.6 Å². The summed E-state index contributed by atoms with van der Waals surface area (Å²) in [6.07, 6.45) is 3.00. The lowest BCUT2D eigenvalue weighted by atomic mass is 10.0. The maximum Gasteiger partial charge on any atom is 0.0385 e. The first kappa shape index (κ1) is 14.5. The fraction of sp³-hybridized carbons (Fsp3) is 0.263. The standard InChI is InChI=1S/C19H23N/c1-3-11-19(18-14-9-6-10-15-18)20(4-2)16-17-12-7-5-8-13-17/h3,5-10,12-15,19H,1,4,11,16H2,2H3. The number of rotatable bonds is 7. The van der Waals surface area contributed by atoms with Gasteiger partial charge in [-0.3, -0.25) is 4.90 Å². The smallest absolute Gasteiger partial charge is 0.0385 e. The number of hydrogen-bond acceptors (Lipinski definition) is 1. The second kappa shape index (κ2) is 7.66. The average Bonchev–Trinajstić information content (AvgIpc) is 2.52. The second-order valence-corrected chi connectivity index (χ2v) is 5.00. The lowest BCUT2D eigenvalue weighted by Gasteiger charge is -2.30. The van der Waals surface area contributed by atoms with Crippen LogP contribution in [0.5, 0.6) is 0 Å². The molecule has 1 heteroatoms. The van der Waals surface area contributed by atoms with Crippen LogP contribution in [-0.2, 0) is 6.54 Å². The molecule has 0 heterocycles. The maximum atomic E-state index is 3.92. The molecule has 0 aliphatic heterocycles. The van der Waals surface area contributed by atoms with Gasteiger partial charge in [0.25, 0.3) is 0 Å². The van der Waals surface area contributed by atoms with Gasteiger partial charge >= 0.3 is 0 Å². The van der Waals surface area contributed by atoms with Crippen LogP contribution in [0, 0.1) is 0 Å². The van der Waals surface area contributed by atoms with E-state index in [9.17, 15) is 0 Å². The van der Waals surface area contributed by atoms with Gasteiger partial charge in [-0.05, 0) is 24.1 Å². The Morgan fingerprint density at radius 1 is 1.00 bits per heavy atom. The van der Waals surface area contributed by atoms with E-state index in [2.05, 4.69) is 79.1 Å². The zero-order chi connectivity index (χ0) is 14.2. The van der Waals surface area contributed by atoms with Gasteiger partial charge in [-0.2, -0.15) is 0 Å². The highest BCUT2D eigenvalue weighted by atomic mass is 15.1. The van der Waals surface area contributed by atoms with E-state index in [1.807, 2.05) is 6.08 Å². The molecule has 2 aromatic carbocycles. The van der Waals surface area contributed by atoms with Gasteiger partial charge in [0.05, 0.1) is 0 Å². The average molecular weight is 265 g/mol. The van der Waals surface area contributed by atoms with Gasteiger partial charge in [-0.15, -0.1) is 6.58 Å². The zero-order valence-electron chi connectivity index (χ0n) is 12.2. The van der Waals surface area contributed by atoms with E-state index in [-0.39, 0.29) is 0 Å². The topological polar surface area (TPSA) is 3.24 Å². The van der Waals surface area contributed by atoms with E-state index in [0.29, 0.717) is 6.04 Å². The molecule has 0 saturated carbocycles. The first-order valence-electron chi connectivity index (χ1n) is 7.29. The quantitative estimate of drug-likeness (QED) is 0.648. The molecule has 0 spiro atoms. The molecule has 0 saturated heterocycles. The zero-order valence-corrected chi connectivity index (χ0v) is 12.2. The summed E-state index contributed by atoms with van der Waals surface area (Å²) in [5.41, 5.74) is 2.73. The third-order valence-electron chi connectivity index (χ3n) is 3.65. The lowest BCUT2D eigenvalue weighted by molar-refractivity contribution is 0.199. The maximum absolute atomic E-state index is 3.92. The molecule has 2 rings (SSSR count). The summed E-state index contributed by atoms with van der Waals surface area (Å²) in [5.74, 6) is 0. The molecule has 0 N–H and O–H groups in total. The predicted octanol–water partition coefficient (Wildman–Crippen LogP) is 4.83. The molecule has 2 aromatic rings. The first-order chi connectivity index (χ1) is 9.85. The van der Waals surface area contributed by atoms with E-state index in [1.54, 1.807) is 0 Å². The van der Waals surface area contributed by atoms with Gasteiger partial charge in [0.1, 0.15) is 0 Å². The Labute approximate surface area is 122 Å². The summed E-state index contributed by atoms with van der Waals surface area (Å²) in [6, 6.07) is 21.8. The van der Waals surface area contributed by atoms with Crippen LogP contribution in [0.4, 0.5) is 0 Å². The van der Waals surface area contributed by atoms with Crippen LogP contribution >= 0.6 is 0 Å². The van der Waals surface area contributed by atoms with Crippen molar-refractivity contribution in [2.75, 3.05) is 6.54 Å². The molecule has 0 aliphatic carbocycles. The van der Waals surface area contributed by atoms with E-state index >= 15 is 0 Å². The summed E-state index contributed by atoms with van der Waals surface area (Å²) in [7, 11) is 0. The van der Waals surface area contributed by atoms with E-state index in [1.165, 1.54) is 11.1 Å². The number of hydrogen-bond donors (Lipinski definition) is 0. The summed E-state index contributed by atoms with van der Waals surface area (Å²) in [5, 5.41) is 0. The number of nitrogens with zero attached hydrogens (tertiary/aromatic N) is 1. The van der Waals surface area contributed by atoms with Crippen molar-refractivity contribution in [1.29, 1.82) is 0 Å². The largest absolute Gasteiger partial charge is 0.292 e. The van der Waals surface area contributed by atoms with Crippen molar-refractivity contribution in [3.05, 3.63) is 84.4 Å². The molecule has 0 aromatic heterocycles. The van der Waals surface area contributed by atoms with Gasteiger partial charge in [0.2, 0.25) is 0 Å². The van der Waals surface area contributed by atoms with Crippen molar-refractivity contribution in [2.45, 2.75) is 25.9 Å². The molecule has 0 radical (unpaired) electrons. The molecule has 1 atom stereocenters. The van der Waals surface area contributed by atoms with Crippen LogP contribution in [0.3, 0.4) is 0 Å². The van der Waals surface area contributed by atoms with Crippen LogP contribution in [-0.4, -0.2) is 11.4 Å². The highest BCUT2D eigenvalue weighted by molar-refractivity contribution is 5.21. The third kappa shape index (κ3) is 3.82. The van der Waals surface area contributed by atoms with Crippen LogP contribution in [0.25, 0.3) is 0 Å². The fourth-order valence-corrected chi connectivity index (χ4v) is 2.59. The molecule has 0 fully saturated rings. The fourth-order valence-electron chi connectivity index (χ4n) is 2.59. The van der Waals surface area contributed by atoms with Crippen molar-refractivity contribution in [1.82, 2.24) is 4.90 Å². The van der Waals surface area contributed by atoms with E-state index < -0.39 is 0 Å². The number of benzene rings is 2.